The molecule has 0 aliphatic carbocycles. The first-order valence-electron chi connectivity index (χ1n) is 7.71. The van der Waals surface area contributed by atoms with Crippen LogP contribution in [-0.4, -0.2) is 53.6 Å². The van der Waals surface area contributed by atoms with Gasteiger partial charge in [0.25, 0.3) is 0 Å². The molecule has 2 aliphatic rings. The Morgan fingerprint density at radius 3 is 2.91 bits per heavy atom. The number of likely N-dealkylation sites (tertiary alicyclic amines) is 1. The highest BCUT2D eigenvalue weighted by Gasteiger charge is 2.40. The van der Waals surface area contributed by atoms with Gasteiger partial charge in [-0.1, -0.05) is 17.7 Å². The number of fused-ring (bicyclic) bond motifs is 1. The SMILES string of the molecule is CN1CC(N2CCCC2C(=O)O)c2ccc(Cl)cc2C1CN. The quantitative estimate of drug-likeness (QED) is 0.888. The van der Waals surface area contributed by atoms with E-state index in [2.05, 4.69) is 9.80 Å². The highest BCUT2D eigenvalue weighted by Crippen LogP contribution is 2.40. The standard InChI is InChI=1S/C16H22ClN3O2/c1-19-9-15(20-6-2-3-13(20)16(21)22)11-5-4-10(17)7-12(11)14(19)8-18/h4-5,7,13-15H,2-3,6,8-9,18H2,1H3,(H,21,22). The van der Waals surface area contributed by atoms with E-state index in [-0.39, 0.29) is 12.1 Å². The third-order valence-electron chi connectivity index (χ3n) is 4.96. The van der Waals surface area contributed by atoms with Gasteiger partial charge in [0.2, 0.25) is 0 Å². The largest absolute Gasteiger partial charge is 0.480 e. The van der Waals surface area contributed by atoms with Crippen LogP contribution >= 0.6 is 11.6 Å². The maximum Gasteiger partial charge on any atom is 0.320 e. The smallest absolute Gasteiger partial charge is 0.320 e. The number of hydrogen-bond donors (Lipinski definition) is 2. The van der Waals surface area contributed by atoms with Gasteiger partial charge in [0.15, 0.2) is 0 Å². The summed E-state index contributed by atoms with van der Waals surface area (Å²) in [7, 11) is 2.04. The maximum absolute atomic E-state index is 11.5. The summed E-state index contributed by atoms with van der Waals surface area (Å²) in [6.45, 7) is 2.14. The molecular weight excluding hydrogens is 302 g/mol. The van der Waals surface area contributed by atoms with Crippen LogP contribution < -0.4 is 5.73 Å². The number of halogens is 1. The van der Waals surface area contributed by atoms with Crippen LogP contribution in [0.1, 0.15) is 36.1 Å². The van der Waals surface area contributed by atoms with Crippen molar-refractivity contribution in [1.82, 2.24) is 9.80 Å². The minimum absolute atomic E-state index is 0.0867. The molecule has 3 unspecified atom stereocenters. The number of carboxylic acids is 1. The first kappa shape index (κ1) is 15.7. The van der Waals surface area contributed by atoms with Gasteiger partial charge in [-0.25, -0.2) is 0 Å². The van der Waals surface area contributed by atoms with Crippen molar-refractivity contribution in [1.29, 1.82) is 0 Å². The van der Waals surface area contributed by atoms with Gasteiger partial charge in [0.1, 0.15) is 6.04 Å². The molecule has 0 spiro atoms. The molecule has 3 atom stereocenters. The predicted molar refractivity (Wildman–Crippen MR) is 86.0 cm³/mol. The fourth-order valence-corrected chi connectivity index (χ4v) is 4.07. The second-order valence-electron chi connectivity index (χ2n) is 6.21. The van der Waals surface area contributed by atoms with Gasteiger partial charge in [-0.2, -0.15) is 0 Å². The Balaban J connectivity index is 2.01. The van der Waals surface area contributed by atoms with Crippen LogP contribution in [0.4, 0.5) is 0 Å². The van der Waals surface area contributed by atoms with E-state index in [4.69, 9.17) is 17.3 Å². The summed E-state index contributed by atoms with van der Waals surface area (Å²) >= 11 is 6.17. The normalized spacial score (nSPS) is 29.5. The lowest BCUT2D eigenvalue weighted by molar-refractivity contribution is -0.143. The molecule has 0 saturated carbocycles. The van der Waals surface area contributed by atoms with E-state index < -0.39 is 12.0 Å². The number of carbonyl (C=O) groups is 1. The van der Waals surface area contributed by atoms with Crippen LogP contribution in [0.25, 0.3) is 0 Å². The van der Waals surface area contributed by atoms with Gasteiger partial charge >= 0.3 is 5.97 Å². The Labute approximate surface area is 135 Å². The topological polar surface area (TPSA) is 69.8 Å². The first-order chi connectivity index (χ1) is 10.5. The molecule has 1 saturated heterocycles. The van der Waals surface area contributed by atoms with Gasteiger partial charge in [-0.15, -0.1) is 0 Å². The number of aliphatic carboxylic acids is 1. The van der Waals surface area contributed by atoms with Crippen molar-refractivity contribution >= 4 is 17.6 Å². The second kappa shape index (κ2) is 6.16. The lowest BCUT2D eigenvalue weighted by atomic mass is 9.88. The summed E-state index contributed by atoms with van der Waals surface area (Å²) in [5, 5.41) is 10.2. The third kappa shape index (κ3) is 2.63. The number of hydrogen-bond acceptors (Lipinski definition) is 4. The Morgan fingerprint density at radius 1 is 1.45 bits per heavy atom. The number of carboxylic acid groups (broad SMARTS) is 1. The molecule has 0 radical (unpaired) electrons. The van der Waals surface area contributed by atoms with E-state index in [1.807, 2.05) is 25.2 Å². The van der Waals surface area contributed by atoms with Gasteiger partial charge in [-0.3, -0.25) is 14.6 Å². The van der Waals surface area contributed by atoms with Crippen molar-refractivity contribution in [3.63, 3.8) is 0 Å². The molecule has 3 N–H and O–H groups in total. The Kier molecular flexibility index (Phi) is 4.41. The van der Waals surface area contributed by atoms with Gasteiger partial charge in [-0.05, 0) is 49.7 Å². The third-order valence-corrected chi connectivity index (χ3v) is 5.20. The lowest BCUT2D eigenvalue weighted by Gasteiger charge is -2.43. The Morgan fingerprint density at radius 2 is 2.23 bits per heavy atom. The zero-order chi connectivity index (χ0) is 15.9. The fraction of sp³-hybridized carbons (Fsp3) is 0.562. The molecule has 0 bridgehead atoms. The van der Waals surface area contributed by atoms with E-state index >= 15 is 0 Å². The van der Waals surface area contributed by atoms with Crippen LogP contribution in [0.2, 0.25) is 5.02 Å². The number of nitrogens with two attached hydrogens (primary N) is 1. The molecule has 1 fully saturated rings. The van der Waals surface area contributed by atoms with Crippen molar-refractivity contribution in [2.75, 3.05) is 26.7 Å². The average Bonchev–Trinajstić information content (AvgIpc) is 2.95. The fourth-order valence-electron chi connectivity index (χ4n) is 3.89. The second-order valence-corrected chi connectivity index (χ2v) is 6.65. The predicted octanol–water partition coefficient (Wildman–Crippen LogP) is 1.88. The van der Waals surface area contributed by atoms with E-state index in [1.165, 1.54) is 5.56 Å². The number of benzene rings is 1. The van der Waals surface area contributed by atoms with Crippen molar-refractivity contribution < 1.29 is 9.90 Å². The van der Waals surface area contributed by atoms with Crippen molar-refractivity contribution in [3.05, 3.63) is 34.3 Å². The minimum atomic E-state index is -0.725. The summed E-state index contributed by atoms with van der Waals surface area (Å²) in [4.78, 5) is 15.9. The van der Waals surface area contributed by atoms with E-state index in [9.17, 15) is 9.90 Å². The molecule has 1 aromatic rings. The first-order valence-corrected chi connectivity index (χ1v) is 8.09. The average molecular weight is 324 g/mol. The molecule has 3 rings (SSSR count). The van der Waals surface area contributed by atoms with Crippen LogP contribution in [0, 0.1) is 0 Å². The van der Waals surface area contributed by atoms with E-state index in [1.54, 1.807) is 0 Å². The van der Waals surface area contributed by atoms with Crippen LogP contribution in [0.15, 0.2) is 18.2 Å². The summed E-state index contributed by atoms with van der Waals surface area (Å²) in [6.07, 6.45) is 1.65. The summed E-state index contributed by atoms with van der Waals surface area (Å²) in [5.41, 5.74) is 8.24. The maximum atomic E-state index is 11.5. The molecular formula is C16H22ClN3O2. The molecule has 120 valence electrons. The lowest BCUT2D eigenvalue weighted by Crippen LogP contribution is -2.47. The summed E-state index contributed by atoms with van der Waals surface area (Å²) < 4.78 is 0. The molecule has 2 heterocycles. The Hall–Kier alpha value is -1.14. The van der Waals surface area contributed by atoms with Crippen molar-refractivity contribution in [2.45, 2.75) is 31.0 Å². The summed E-state index contributed by atoms with van der Waals surface area (Å²) in [6, 6.07) is 5.73. The number of nitrogens with zero attached hydrogens (tertiary/aromatic N) is 2. The zero-order valence-corrected chi connectivity index (χ0v) is 13.5. The minimum Gasteiger partial charge on any atom is -0.480 e. The van der Waals surface area contributed by atoms with Gasteiger partial charge < -0.3 is 10.8 Å². The molecule has 0 aromatic heterocycles. The van der Waals surface area contributed by atoms with Crippen molar-refractivity contribution in [3.8, 4) is 0 Å². The van der Waals surface area contributed by atoms with Crippen LogP contribution in [0.3, 0.4) is 0 Å². The van der Waals surface area contributed by atoms with Crippen LogP contribution in [0.5, 0.6) is 0 Å². The van der Waals surface area contributed by atoms with Crippen LogP contribution in [-0.2, 0) is 4.79 Å². The molecule has 6 heteroatoms. The molecule has 0 amide bonds. The van der Waals surface area contributed by atoms with Gasteiger partial charge in [0, 0.05) is 30.2 Å². The number of rotatable bonds is 3. The highest BCUT2D eigenvalue weighted by atomic mass is 35.5. The summed E-state index contributed by atoms with van der Waals surface area (Å²) in [5.74, 6) is -0.725. The van der Waals surface area contributed by atoms with E-state index in [0.29, 0.717) is 11.6 Å². The number of likely N-dealkylation sites (N-methyl/N-ethyl adjacent to an activating group) is 1. The monoisotopic (exact) mass is 323 g/mol. The molecule has 5 nitrogen and oxygen atoms in total. The zero-order valence-electron chi connectivity index (χ0n) is 12.7. The Bertz CT molecular complexity index is 581. The molecule has 2 aliphatic heterocycles. The molecule has 22 heavy (non-hydrogen) atoms. The van der Waals surface area contributed by atoms with Gasteiger partial charge in [0.05, 0.1) is 0 Å². The van der Waals surface area contributed by atoms with E-state index in [0.717, 1.165) is 31.5 Å². The highest BCUT2D eigenvalue weighted by molar-refractivity contribution is 6.30. The van der Waals surface area contributed by atoms with Crippen molar-refractivity contribution in [2.24, 2.45) is 5.73 Å². The molecule has 1 aromatic carbocycles.